The van der Waals surface area contributed by atoms with Crippen molar-refractivity contribution in [2.24, 2.45) is 0 Å². The quantitative estimate of drug-likeness (QED) is 0.795. The van der Waals surface area contributed by atoms with Gasteiger partial charge in [-0.05, 0) is 37.1 Å². The lowest BCUT2D eigenvalue weighted by molar-refractivity contribution is 0.473. The molecule has 0 saturated carbocycles. The number of aromatic nitrogens is 1. The highest BCUT2D eigenvalue weighted by atomic mass is 19.1. The average Bonchev–Trinajstić information content (AvgIpc) is 2.15. The third kappa shape index (κ3) is 1.89. The van der Waals surface area contributed by atoms with Crippen LogP contribution in [-0.2, 0) is 0 Å². The standard InChI is InChI=1S/C13H12FNO/c1-8-3-9(2)13(12(14)4-8)10-5-11(16)7-15-6-10/h3-7,16H,1-2H3. The van der Waals surface area contributed by atoms with Gasteiger partial charge in [0.2, 0.25) is 0 Å². The normalized spacial score (nSPS) is 10.4. The van der Waals surface area contributed by atoms with Crippen LogP contribution in [0.1, 0.15) is 11.1 Å². The fourth-order valence-electron chi connectivity index (χ4n) is 1.85. The Morgan fingerprint density at radius 2 is 1.88 bits per heavy atom. The third-order valence-corrected chi connectivity index (χ3v) is 2.44. The van der Waals surface area contributed by atoms with E-state index in [0.29, 0.717) is 11.1 Å². The molecule has 2 rings (SSSR count). The zero-order valence-corrected chi connectivity index (χ0v) is 9.16. The molecule has 3 heteroatoms. The van der Waals surface area contributed by atoms with Crippen molar-refractivity contribution < 1.29 is 9.50 Å². The molecule has 0 aliphatic rings. The van der Waals surface area contributed by atoms with Crippen molar-refractivity contribution in [3.8, 4) is 16.9 Å². The van der Waals surface area contributed by atoms with Gasteiger partial charge in [-0.25, -0.2) is 4.39 Å². The van der Waals surface area contributed by atoms with Crippen LogP contribution < -0.4 is 0 Å². The molecular weight excluding hydrogens is 205 g/mol. The predicted molar refractivity (Wildman–Crippen MR) is 60.8 cm³/mol. The van der Waals surface area contributed by atoms with E-state index in [4.69, 9.17) is 0 Å². The van der Waals surface area contributed by atoms with Crippen LogP contribution in [0.25, 0.3) is 11.1 Å². The Balaban J connectivity index is 2.64. The molecule has 16 heavy (non-hydrogen) atoms. The number of halogens is 1. The minimum Gasteiger partial charge on any atom is -0.506 e. The van der Waals surface area contributed by atoms with E-state index in [1.165, 1.54) is 18.3 Å². The highest BCUT2D eigenvalue weighted by molar-refractivity contribution is 5.68. The minimum absolute atomic E-state index is 0.0388. The SMILES string of the molecule is Cc1cc(C)c(-c2cncc(O)c2)c(F)c1. The summed E-state index contributed by atoms with van der Waals surface area (Å²) in [6, 6.07) is 4.89. The lowest BCUT2D eigenvalue weighted by Crippen LogP contribution is -1.91. The molecule has 0 aliphatic carbocycles. The van der Waals surface area contributed by atoms with Gasteiger partial charge in [0.15, 0.2) is 0 Å². The van der Waals surface area contributed by atoms with Crippen LogP contribution in [0.15, 0.2) is 30.6 Å². The Morgan fingerprint density at radius 3 is 2.50 bits per heavy atom. The van der Waals surface area contributed by atoms with Crippen LogP contribution in [0, 0.1) is 19.7 Å². The molecule has 0 aliphatic heterocycles. The monoisotopic (exact) mass is 217 g/mol. The van der Waals surface area contributed by atoms with Gasteiger partial charge in [-0.2, -0.15) is 0 Å². The molecule has 0 radical (unpaired) electrons. The second-order valence-corrected chi connectivity index (χ2v) is 3.87. The first-order chi connectivity index (χ1) is 7.58. The summed E-state index contributed by atoms with van der Waals surface area (Å²) in [6.07, 6.45) is 2.87. The van der Waals surface area contributed by atoms with Crippen LogP contribution in [-0.4, -0.2) is 10.1 Å². The van der Waals surface area contributed by atoms with E-state index >= 15 is 0 Å². The van der Waals surface area contributed by atoms with Gasteiger partial charge in [0.1, 0.15) is 11.6 Å². The van der Waals surface area contributed by atoms with Crippen molar-refractivity contribution in [3.63, 3.8) is 0 Å². The maximum absolute atomic E-state index is 13.8. The van der Waals surface area contributed by atoms with Gasteiger partial charge >= 0.3 is 0 Å². The molecule has 1 aromatic heterocycles. The Labute approximate surface area is 93.4 Å². The topological polar surface area (TPSA) is 33.1 Å². The molecule has 0 spiro atoms. The predicted octanol–water partition coefficient (Wildman–Crippen LogP) is 3.21. The van der Waals surface area contributed by atoms with Crippen LogP contribution in [0.2, 0.25) is 0 Å². The average molecular weight is 217 g/mol. The highest BCUT2D eigenvalue weighted by Gasteiger charge is 2.10. The molecule has 1 aromatic carbocycles. The molecule has 0 atom stereocenters. The number of nitrogens with zero attached hydrogens (tertiary/aromatic N) is 1. The summed E-state index contributed by atoms with van der Waals surface area (Å²) >= 11 is 0. The fourth-order valence-corrected chi connectivity index (χ4v) is 1.85. The number of aryl methyl sites for hydroxylation is 2. The fraction of sp³-hybridized carbons (Fsp3) is 0.154. The van der Waals surface area contributed by atoms with Gasteiger partial charge in [-0.15, -0.1) is 0 Å². The molecule has 2 aromatic rings. The van der Waals surface area contributed by atoms with E-state index in [-0.39, 0.29) is 11.6 Å². The summed E-state index contributed by atoms with van der Waals surface area (Å²) in [6.45, 7) is 3.69. The van der Waals surface area contributed by atoms with Crippen LogP contribution in [0.5, 0.6) is 5.75 Å². The Kier molecular flexibility index (Phi) is 2.60. The minimum atomic E-state index is -0.287. The number of benzene rings is 1. The second kappa shape index (κ2) is 3.93. The zero-order valence-electron chi connectivity index (χ0n) is 9.16. The number of hydrogen-bond donors (Lipinski definition) is 1. The van der Waals surface area contributed by atoms with E-state index in [2.05, 4.69) is 4.98 Å². The number of aromatic hydroxyl groups is 1. The smallest absolute Gasteiger partial charge is 0.134 e. The largest absolute Gasteiger partial charge is 0.506 e. The lowest BCUT2D eigenvalue weighted by atomic mass is 9.99. The van der Waals surface area contributed by atoms with Crippen molar-refractivity contribution in [1.29, 1.82) is 0 Å². The van der Waals surface area contributed by atoms with Gasteiger partial charge < -0.3 is 5.11 Å². The van der Waals surface area contributed by atoms with Gasteiger partial charge in [-0.1, -0.05) is 6.07 Å². The van der Waals surface area contributed by atoms with Crippen molar-refractivity contribution >= 4 is 0 Å². The Bertz CT molecular complexity index is 514. The lowest BCUT2D eigenvalue weighted by Gasteiger charge is -2.08. The summed E-state index contributed by atoms with van der Waals surface area (Å²) in [5, 5.41) is 9.33. The van der Waals surface area contributed by atoms with Crippen LogP contribution in [0.3, 0.4) is 0 Å². The maximum atomic E-state index is 13.8. The highest BCUT2D eigenvalue weighted by Crippen LogP contribution is 2.28. The number of pyridine rings is 1. The molecule has 1 N–H and O–H groups in total. The Morgan fingerprint density at radius 1 is 1.12 bits per heavy atom. The summed E-state index contributed by atoms with van der Waals surface area (Å²) in [4.78, 5) is 3.85. The molecular formula is C13H12FNO. The molecule has 0 amide bonds. The van der Waals surface area contributed by atoms with Crippen molar-refractivity contribution in [2.45, 2.75) is 13.8 Å². The molecule has 1 heterocycles. The zero-order chi connectivity index (χ0) is 11.7. The van der Waals surface area contributed by atoms with Gasteiger partial charge in [-0.3, -0.25) is 4.98 Å². The summed E-state index contributed by atoms with van der Waals surface area (Å²) in [5.41, 5.74) is 2.81. The summed E-state index contributed by atoms with van der Waals surface area (Å²) in [5.74, 6) is -0.248. The molecule has 82 valence electrons. The molecule has 0 bridgehead atoms. The Hall–Kier alpha value is -1.90. The first kappa shape index (κ1) is 10.6. The third-order valence-electron chi connectivity index (χ3n) is 2.44. The van der Waals surface area contributed by atoms with Gasteiger partial charge in [0, 0.05) is 17.3 Å². The van der Waals surface area contributed by atoms with Crippen LogP contribution in [0.4, 0.5) is 4.39 Å². The van der Waals surface area contributed by atoms with Gasteiger partial charge in [0.05, 0.1) is 6.20 Å². The van der Waals surface area contributed by atoms with Gasteiger partial charge in [0.25, 0.3) is 0 Å². The second-order valence-electron chi connectivity index (χ2n) is 3.87. The molecule has 0 fully saturated rings. The van der Waals surface area contributed by atoms with E-state index in [1.54, 1.807) is 6.20 Å². The molecule has 0 saturated heterocycles. The number of rotatable bonds is 1. The van der Waals surface area contributed by atoms with Crippen molar-refractivity contribution in [2.75, 3.05) is 0 Å². The van der Waals surface area contributed by atoms with Crippen molar-refractivity contribution in [1.82, 2.24) is 4.98 Å². The molecule has 0 unspecified atom stereocenters. The van der Waals surface area contributed by atoms with Crippen LogP contribution >= 0.6 is 0 Å². The maximum Gasteiger partial charge on any atom is 0.134 e. The summed E-state index contributed by atoms with van der Waals surface area (Å²) in [7, 11) is 0. The summed E-state index contributed by atoms with van der Waals surface area (Å²) < 4.78 is 13.8. The van der Waals surface area contributed by atoms with E-state index in [1.807, 2.05) is 19.9 Å². The molecule has 2 nitrogen and oxygen atoms in total. The van der Waals surface area contributed by atoms with E-state index in [0.717, 1.165) is 11.1 Å². The van der Waals surface area contributed by atoms with Crippen molar-refractivity contribution in [3.05, 3.63) is 47.5 Å². The first-order valence-electron chi connectivity index (χ1n) is 4.99. The van der Waals surface area contributed by atoms with E-state index < -0.39 is 0 Å². The first-order valence-corrected chi connectivity index (χ1v) is 4.99. The number of hydrogen-bond acceptors (Lipinski definition) is 2. The van der Waals surface area contributed by atoms with E-state index in [9.17, 15) is 9.50 Å².